The topological polar surface area (TPSA) is 68.9 Å². The minimum atomic E-state index is -1.05. The molecule has 3 rings (SSSR count). The minimum Gasteiger partial charge on any atom is -0.383 e. The summed E-state index contributed by atoms with van der Waals surface area (Å²) >= 11 is 2.56. The molecule has 0 bridgehead atoms. The van der Waals surface area contributed by atoms with Gasteiger partial charge in [-0.1, -0.05) is 11.8 Å². The van der Waals surface area contributed by atoms with E-state index >= 15 is 0 Å². The summed E-state index contributed by atoms with van der Waals surface area (Å²) in [4.78, 5) is 21.6. The first-order chi connectivity index (χ1) is 11.0. The second kappa shape index (κ2) is 6.21. The van der Waals surface area contributed by atoms with Crippen LogP contribution in [-0.2, 0) is 0 Å². The molecule has 23 heavy (non-hydrogen) atoms. The Bertz CT molecular complexity index is 898. The lowest BCUT2D eigenvalue weighted by Crippen LogP contribution is -2.14. The van der Waals surface area contributed by atoms with Crippen molar-refractivity contribution in [3.05, 3.63) is 46.8 Å². The van der Waals surface area contributed by atoms with E-state index in [-0.39, 0.29) is 11.3 Å². The average Bonchev–Trinajstić information content (AvgIpc) is 2.98. The van der Waals surface area contributed by atoms with Gasteiger partial charge in [0, 0.05) is 5.56 Å². The zero-order valence-electron chi connectivity index (χ0n) is 11.9. The molecule has 0 aliphatic heterocycles. The first kappa shape index (κ1) is 15.8. The van der Waals surface area contributed by atoms with E-state index in [1.165, 1.54) is 17.4 Å². The quantitative estimate of drug-likeness (QED) is 0.438. The number of nitrogens with two attached hydrogens (primary N) is 1. The molecule has 0 saturated carbocycles. The molecule has 0 aliphatic carbocycles. The predicted molar refractivity (Wildman–Crippen MR) is 87.8 cm³/mol. The van der Waals surface area contributed by atoms with Crippen LogP contribution in [0.15, 0.2) is 34.8 Å². The van der Waals surface area contributed by atoms with Crippen LogP contribution >= 0.6 is 23.1 Å². The van der Waals surface area contributed by atoms with Crippen molar-refractivity contribution in [3.63, 3.8) is 0 Å². The molecule has 0 aliphatic rings. The largest absolute Gasteiger partial charge is 0.383 e. The molecule has 4 nitrogen and oxygen atoms in total. The van der Waals surface area contributed by atoms with Crippen molar-refractivity contribution in [3.8, 4) is 0 Å². The van der Waals surface area contributed by atoms with Gasteiger partial charge in [-0.25, -0.2) is 18.7 Å². The summed E-state index contributed by atoms with van der Waals surface area (Å²) in [7, 11) is 0. The third kappa shape index (κ3) is 3.18. The smallest absolute Gasteiger partial charge is 0.191 e. The van der Waals surface area contributed by atoms with Gasteiger partial charge in [0.25, 0.3) is 0 Å². The van der Waals surface area contributed by atoms with Gasteiger partial charge >= 0.3 is 0 Å². The van der Waals surface area contributed by atoms with Crippen LogP contribution in [0, 0.1) is 11.6 Å². The molecule has 118 valence electrons. The molecule has 0 spiro atoms. The van der Waals surface area contributed by atoms with Crippen LogP contribution in [0.2, 0.25) is 0 Å². The monoisotopic (exact) mass is 351 g/mol. The van der Waals surface area contributed by atoms with Crippen molar-refractivity contribution in [2.45, 2.75) is 17.3 Å². The van der Waals surface area contributed by atoms with E-state index in [1.807, 2.05) is 11.4 Å². The Morgan fingerprint density at radius 2 is 2.04 bits per heavy atom. The number of fused-ring (bicyclic) bond motifs is 1. The van der Waals surface area contributed by atoms with Crippen LogP contribution in [0.4, 0.5) is 14.6 Å². The molecule has 1 atom stereocenters. The van der Waals surface area contributed by atoms with Gasteiger partial charge in [0.15, 0.2) is 22.6 Å². The molecule has 1 unspecified atom stereocenters. The average molecular weight is 351 g/mol. The van der Waals surface area contributed by atoms with Gasteiger partial charge in [0.2, 0.25) is 0 Å². The fourth-order valence-corrected chi connectivity index (χ4v) is 3.69. The summed E-state index contributed by atoms with van der Waals surface area (Å²) in [5, 5.41) is 2.46. The highest BCUT2D eigenvalue weighted by atomic mass is 32.2. The first-order valence-corrected chi connectivity index (χ1v) is 8.38. The Labute approximate surface area is 138 Å². The molecule has 0 fully saturated rings. The number of thioether (sulfide) groups is 1. The van der Waals surface area contributed by atoms with E-state index < -0.39 is 16.9 Å². The van der Waals surface area contributed by atoms with Crippen molar-refractivity contribution in [2.24, 2.45) is 0 Å². The second-order valence-electron chi connectivity index (χ2n) is 4.78. The lowest BCUT2D eigenvalue weighted by Gasteiger charge is -2.10. The van der Waals surface area contributed by atoms with Crippen LogP contribution in [0.5, 0.6) is 0 Å². The fraction of sp³-hybridized carbons (Fsp3) is 0.133. The Hall–Kier alpha value is -2.06. The van der Waals surface area contributed by atoms with Crippen LogP contribution < -0.4 is 5.73 Å². The molecular formula is C15H11F2N3OS2. The molecular weight excluding hydrogens is 340 g/mol. The van der Waals surface area contributed by atoms with Gasteiger partial charge < -0.3 is 5.73 Å². The summed E-state index contributed by atoms with van der Waals surface area (Å²) in [6.07, 6.45) is 0. The number of hydrogen-bond donors (Lipinski definition) is 1. The van der Waals surface area contributed by atoms with Gasteiger partial charge in [-0.3, -0.25) is 4.79 Å². The highest BCUT2D eigenvalue weighted by molar-refractivity contribution is 8.00. The Balaban J connectivity index is 1.83. The van der Waals surface area contributed by atoms with Crippen molar-refractivity contribution in [2.75, 3.05) is 5.73 Å². The number of benzene rings is 1. The third-order valence-corrected chi connectivity index (χ3v) is 4.96. The van der Waals surface area contributed by atoms with Gasteiger partial charge in [-0.2, -0.15) is 0 Å². The van der Waals surface area contributed by atoms with Crippen LogP contribution in [0.25, 0.3) is 10.2 Å². The lowest BCUT2D eigenvalue weighted by molar-refractivity contribution is 0.0993. The normalized spacial score (nSPS) is 12.5. The number of carbonyl (C=O) groups is 1. The summed E-state index contributed by atoms with van der Waals surface area (Å²) in [6, 6.07) is 4.92. The lowest BCUT2D eigenvalue weighted by atomic mass is 10.1. The maximum atomic E-state index is 13.2. The third-order valence-electron chi connectivity index (χ3n) is 3.19. The van der Waals surface area contributed by atoms with E-state index in [4.69, 9.17) is 5.73 Å². The second-order valence-corrected chi connectivity index (χ2v) is 6.99. The molecule has 1 aromatic carbocycles. The number of nitrogens with zero attached hydrogens (tertiary/aromatic N) is 2. The van der Waals surface area contributed by atoms with E-state index in [0.717, 1.165) is 34.1 Å². The summed E-state index contributed by atoms with van der Waals surface area (Å²) in [5.74, 6) is -2.01. The number of anilines is 1. The van der Waals surface area contributed by atoms with Crippen molar-refractivity contribution >= 4 is 44.9 Å². The Morgan fingerprint density at radius 1 is 1.26 bits per heavy atom. The number of ketones is 1. The number of nitrogen functional groups attached to an aromatic ring is 1. The highest BCUT2D eigenvalue weighted by Crippen LogP contribution is 2.29. The molecule has 3 aromatic rings. The first-order valence-electron chi connectivity index (χ1n) is 6.62. The molecule has 2 aromatic heterocycles. The van der Waals surface area contributed by atoms with Gasteiger partial charge in [-0.05, 0) is 36.6 Å². The van der Waals surface area contributed by atoms with E-state index in [0.29, 0.717) is 11.0 Å². The Morgan fingerprint density at radius 3 is 2.78 bits per heavy atom. The van der Waals surface area contributed by atoms with Crippen LogP contribution in [0.3, 0.4) is 0 Å². The molecule has 0 saturated heterocycles. The SMILES string of the molecule is CC(Sc1nc(N)c2ccsc2n1)C(=O)c1ccc(F)c(F)c1. The summed E-state index contributed by atoms with van der Waals surface area (Å²) in [5.41, 5.74) is 5.97. The number of aromatic nitrogens is 2. The van der Waals surface area contributed by atoms with E-state index in [2.05, 4.69) is 9.97 Å². The van der Waals surface area contributed by atoms with Crippen molar-refractivity contribution in [1.29, 1.82) is 0 Å². The number of rotatable bonds is 4. The minimum absolute atomic E-state index is 0.106. The Kier molecular flexibility index (Phi) is 4.27. The zero-order valence-corrected chi connectivity index (χ0v) is 13.5. The van der Waals surface area contributed by atoms with Gasteiger partial charge in [0.1, 0.15) is 10.6 Å². The number of hydrogen-bond acceptors (Lipinski definition) is 6. The molecule has 2 N–H and O–H groups in total. The standard InChI is InChI=1S/C15H11F2N3OS2/c1-7(12(21)8-2-3-10(16)11(17)6-8)23-15-19-13(18)9-4-5-22-14(9)20-15/h2-7H,1H3,(H2,18,19,20). The number of carbonyl (C=O) groups excluding carboxylic acids is 1. The van der Waals surface area contributed by atoms with Gasteiger partial charge in [0.05, 0.1) is 10.6 Å². The molecule has 0 radical (unpaired) electrons. The number of halogens is 2. The highest BCUT2D eigenvalue weighted by Gasteiger charge is 2.20. The van der Waals surface area contributed by atoms with E-state index in [1.54, 1.807) is 6.92 Å². The van der Waals surface area contributed by atoms with E-state index in [9.17, 15) is 13.6 Å². The maximum absolute atomic E-state index is 13.2. The van der Waals surface area contributed by atoms with Crippen LogP contribution in [-0.4, -0.2) is 21.0 Å². The van der Waals surface area contributed by atoms with Crippen molar-refractivity contribution in [1.82, 2.24) is 9.97 Å². The predicted octanol–water partition coefficient (Wildman–Crippen LogP) is 3.92. The maximum Gasteiger partial charge on any atom is 0.191 e. The van der Waals surface area contributed by atoms with Gasteiger partial charge in [-0.15, -0.1) is 11.3 Å². The summed E-state index contributed by atoms with van der Waals surface area (Å²) < 4.78 is 26.2. The van der Waals surface area contributed by atoms with Crippen molar-refractivity contribution < 1.29 is 13.6 Å². The fourth-order valence-electron chi connectivity index (χ4n) is 2.01. The zero-order chi connectivity index (χ0) is 16.6. The molecule has 8 heteroatoms. The number of thiophene rings is 1. The summed E-state index contributed by atoms with van der Waals surface area (Å²) in [6.45, 7) is 1.66. The van der Waals surface area contributed by atoms with Crippen LogP contribution in [0.1, 0.15) is 17.3 Å². The molecule has 2 heterocycles. The molecule has 0 amide bonds. The number of Topliss-reactive ketones (excluding diaryl/α,β-unsaturated/α-hetero) is 1.